The molecule has 0 unspecified atom stereocenters. The maximum atomic E-state index is 12.6. The average molecular weight is 382 g/mol. The molecule has 0 aromatic heterocycles. The van der Waals surface area contributed by atoms with E-state index >= 15 is 0 Å². The van der Waals surface area contributed by atoms with Crippen LogP contribution < -0.4 is 10.6 Å². The molecule has 148 valence electrons. The minimum absolute atomic E-state index is 0.0410. The van der Waals surface area contributed by atoms with Gasteiger partial charge in [-0.15, -0.1) is 0 Å². The van der Waals surface area contributed by atoms with Gasteiger partial charge in [0, 0.05) is 23.6 Å². The van der Waals surface area contributed by atoms with Crippen LogP contribution in [0.25, 0.3) is 0 Å². The van der Waals surface area contributed by atoms with Crippen molar-refractivity contribution >= 4 is 17.5 Å². The molecule has 0 radical (unpaired) electrons. The highest BCUT2D eigenvalue weighted by atomic mass is 19.4. The van der Waals surface area contributed by atoms with Crippen molar-refractivity contribution in [3.8, 4) is 0 Å². The second-order valence-corrected chi connectivity index (χ2v) is 7.60. The Morgan fingerprint density at radius 2 is 1.33 bits per heavy atom. The zero-order chi connectivity index (χ0) is 19.4. The Balaban J connectivity index is 1.46. The average Bonchev–Trinajstić information content (AvgIpc) is 3.14. The minimum atomic E-state index is -4.39. The van der Waals surface area contributed by atoms with Gasteiger partial charge in [-0.3, -0.25) is 9.59 Å². The highest BCUT2D eigenvalue weighted by molar-refractivity contribution is 5.92. The van der Waals surface area contributed by atoms with Gasteiger partial charge in [-0.2, -0.15) is 13.2 Å². The van der Waals surface area contributed by atoms with Crippen LogP contribution in [-0.4, -0.2) is 17.9 Å². The van der Waals surface area contributed by atoms with E-state index in [0.717, 1.165) is 25.0 Å². The predicted octanol–water partition coefficient (Wildman–Crippen LogP) is 4.51. The molecule has 2 aliphatic carbocycles. The number of hydrogen-bond acceptors (Lipinski definition) is 2. The largest absolute Gasteiger partial charge is 0.416 e. The molecule has 2 N–H and O–H groups in total. The smallest absolute Gasteiger partial charge is 0.353 e. The Morgan fingerprint density at radius 1 is 0.815 bits per heavy atom. The summed E-state index contributed by atoms with van der Waals surface area (Å²) in [4.78, 5) is 24.7. The van der Waals surface area contributed by atoms with E-state index in [1.54, 1.807) is 0 Å². The summed E-state index contributed by atoms with van der Waals surface area (Å²) in [5.74, 6) is -0.337. The van der Waals surface area contributed by atoms with Crippen molar-refractivity contribution < 1.29 is 22.8 Å². The molecule has 0 aliphatic heterocycles. The predicted molar refractivity (Wildman–Crippen MR) is 95.9 cm³/mol. The number of nitrogens with one attached hydrogen (secondary N) is 2. The van der Waals surface area contributed by atoms with Gasteiger partial charge in [-0.05, 0) is 62.8 Å². The number of hydrogen-bond donors (Lipinski definition) is 2. The summed E-state index contributed by atoms with van der Waals surface area (Å²) in [6, 6.07) is 4.75. The van der Waals surface area contributed by atoms with E-state index in [1.165, 1.54) is 25.0 Å². The summed E-state index contributed by atoms with van der Waals surface area (Å²) in [6.45, 7) is 0. The van der Waals surface area contributed by atoms with Crippen LogP contribution in [-0.2, 0) is 15.8 Å². The van der Waals surface area contributed by atoms with E-state index in [9.17, 15) is 22.8 Å². The van der Waals surface area contributed by atoms with Crippen LogP contribution in [0.5, 0.6) is 0 Å². The van der Waals surface area contributed by atoms with Gasteiger partial charge in [0.25, 0.3) is 0 Å². The van der Waals surface area contributed by atoms with Crippen molar-refractivity contribution in [3.05, 3.63) is 29.8 Å². The van der Waals surface area contributed by atoms with Crippen LogP contribution in [0.4, 0.5) is 18.9 Å². The summed E-state index contributed by atoms with van der Waals surface area (Å²) < 4.78 is 37.7. The molecule has 2 fully saturated rings. The van der Waals surface area contributed by atoms with Crippen molar-refractivity contribution in [2.75, 3.05) is 5.32 Å². The molecular formula is C20H25F3N2O2. The van der Waals surface area contributed by atoms with E-state index in [-0.39, 0.29) is 23.7 Å². The molecule has 7 heteroatoms. The quantitative estimate of drug-likeness (QED) is 0.805. The third kappa shape index (κ3) is 5.23. The van der Waals surface area contributed by atoms with Gasteiger partial charge in [0.2, 0.25) is 11.8 Å². The number of rotatable bonds is 4. The highest BCUT2D eigenvalue weighted by Crippen LogP contribution is 2.32. The van der Waals surface area contributed by atoms with Crippen LogP contribution in [0.2, 0.25) is 0 Å². The van der Waals surface area contributed by atoms with E-state index in [1.807, 2.05) is 0 Å². The summed E-state index contributed by atoms with van der Waals surface area (Å²) in [6.07, 6.45) is 2.63. The molecule has 3 rings (SSSR count). The normalized spacial score (nSPS) is 23.8. The number of carbonyl (C=O) groups is 2. The van der Waals surface area contributed by atoms with Gasteiger partial charge < -0.3 is 10.6 Å². The fourth-order valence-electron chi connectivity index (χ4n) is 3.99. The maximum absolute atomic E-state index is 12.6. The number of benzene rings is 1. The van der Waals surface area contributed by atoms with Crippen molar-refractivity contribution in [2.24, 2.45) is 11.8 Å². The Bertz CT molecular complexity index is 659. The summed E-state index contributed by atoms with van der Waals surface area (Å²) in [5, 5.41) is 5.80. The van der Waals surface area contributed by atoms with Gasteiger partial charge in [0.1, 0.15) is 0 Å². The van der Waals surface area contributed by atoms with E-state index < -0.39 is 11.7 Å². The topological polar surface area (TPSA) is 58.2 Å². The standard InChI is InChI=1S/C20H25F3N2O2/c21-20(22,23)15-9-11-17(12-10-15)25-19(27)14-7-5-13(6-8-14)18(26)24-16-3-1-2-4-16/h9-14,16H,1-8H2,(H,24,26)(H,25,27). The molecule has 1 aromatic rings. The Morgan fingerprint density at radius 3 is 1.85 bits per heavy atom. The molecule has 0 bridgehead atoms. The second-order valence-electron chi connectivity index (χ2n) is 7.60. The lowest BCUT2D eigenvalue weighted by molar-refractivity contribution is -0.137. The van der Waals surface area contributed by atoms with E-state index in [2.05, 4.69) is 10.6 Å². The van der Waals surface area contributed by atoms with Crippen LogP contribution in [0.1, 0.15) is 56.9 Å². The second kappa shape index (κ2) is 8.31. The van der Waals surface area contributed by atoms with Crippen LogP contribution in [0.15, 0.2) is 24.3 Å². The van der Waals surface area contributed by atoms with E-state index in [0.29, 0.717) is 37.4 Å². The molecule has 2 amide bonds. The monoisotopic (exact) mass is 382 g/mol. The fraction of sp³-hybridized carbons (Fsp3) is 0.600. The van der Waals surface area contributed by atoms with Crippen LogP contribution in [0.3, 0.4) is 0 Å². The molecule has 0 heterocycles. The molecule has 2 saturated carbocycles. The van der Waals surface area contributed by atoms with Crippen molar-refractivity contribution in [3.63, 3.8) is 0 Å². The fourth-order valence-corrected chi connectivity index (χ4v) is 3.99. The molecular weight excluding hydrogens is 357 g/mol. The first-order valence-corrected chi connectivity index (χ1v) is 9.61. The van der Waals surface area contributed by atoms with Crippen LogP contribution in [0, 0.1) is 11.8 Å². The van der Waals surface area contributed by atoms with E-state index in [4.69, 9.17) is 0 Å². The Labute approximate surface area is 156 Å². The highest BCUT2D eigenvalue weighted by Gasteiger charge is 2.32. The summed E-state index contributed by atoms with van der Waals surface area (Å²) >= 11 is 0. The third-order valence-corrected chi connectivity index (χ3v) is 5.65. The lowest BCUT2D eigenvalue weighted by Gasteiger charge is -2.28. The number of alkyl halides is 3. The molecule has 0 atom stereocenters. The third-order valence-electron chi connectivity index (χ3n) is 5.65. The number of amides is 2. The van der Waals surface area contributed by atoms with Gasteiger partial charge in [-0.25, -0.2) is 0 Å². The SMILES string of the molecule is O=C(Nc1ccc(C(F)(F)F)cc1)C1CCC(C(=O)NC2CCCC2)CC1. The zero-order valence-corrected chi connectivity index (χ0v) is 15.1. The molecule has 2 aliphatic rings. The summed E-state index contributed by atoms with van der Waals surface area (Å²) in [7, 11) is 0. The first-order chi connectivity index (χ1) is 12.8. The first kappa shape index (κ1) is 19.7. The molecule has 1 aromatic carbocycles. The molecule has 27 heavy (non-hydrogen) atoms. The van der Waals surface area contributed by atoms with Crippen molar-refractivity contribution in [1.29, 1.82) is 0 Å². The summed E-state index contributed by atoms with van der Waals surface area (Å²) in [5.41, 5.74) is -0.386. The number of halogens is 3. The lowest BCUT2D eigenvalue weighted by atomic mass is 9.81. The maximum Gasteiger partial charge on any atom is 0.416 e. The van der Waals surface area contributed by atoms with Crippen molar-refractivity contribution in [1.82, 2.24) is 5.32 Å². The van der Waals surface area contributed by atoms with Crippen molar-refractivity contribution in [2.45, 2.75) is 63.6 Å². The van der Waals surface area contributed by atoms with Gasteiger partial charge in [0.15, 0.2) is 0 Å². The molecule has 0 saturated heterocycles. The minimum Gasteiger partial charge on any atom is -0.353 e. The first-order valence-electron chi connectivity index (χ1n) is 9.61. The molecule has 0 spiro atoms. The van der Waals surface area contributed by atoms with Gasteiger partial charge in [-0.1, -0.05) is 12.8 Å². The Kier molecular flexibility index (Phi) is 6.07. The van der Waals surface area contributed by atoms with Gasteiger partial charge in [0.05, 0.1) is 5.56 Å². The molecule has 4 nitrogen and oxygen atoms in total. The Hall–Kier alpha value is -2.05. The van der Waals surface area contributed by atoms with Gasteiger partial charge >= 0.3 is 6.18 Å². The number of anilines is 1. The zero-order valence-electron chi connectivity index (χ0n) is 15.1. The lowest BCUT2D eigenvalue weighted by Crippen LogP contribution is -2.39. The van der Waals surface area contributed by atoms with Crippen LogP contribution >= 0.6 is 0 Å². The number of carbonyl (C=O) groups excluding carboxylic acids is 2.